The third-order valence-corrected chi connectivity index (χ3v) is 5.34. The smallest absolute Gasteiger partial charge is 0.407 e. The second kappa shape index (κ2) is 6.18. The number of hydrogen-bond donors (Lipinski definition) is 2. The summed E-state index contributed by atoms with van der Waals surface area (Å²) < 4.78 is 0. The Balaban J connectivity index is 2.07. The van der Waals surface area contributed by atoms with Crippen LogP contribution in [0.2, 0.25) is 5.02 Å². The summed E-state index contributed by atoms with van der Waals surface area (Å²) in [6.45, 7) is 7.05. The summed E-state index contributed by atoms with van der Waals surface area (Å²) in [5.41, 5.74) is 8.19. The van der Waals surface area contributed by atoms with Gasteiger partial charge in [0.05, 0.1) is 22.8 Å². The van der Waals surface area contributed by atoms with Crippen molar-refractivity contribution in [2.45, 2.75) is 45.7 Å². The molecule has 2 aliphatic heterocycles. The Morgan fingerprint density at radius 3 is 2.52 bits per heavy atom. The van der Waals surface area contributed by atoms with E-state index in [0.29, 0.717) is 36.6 Å². The number of hydrogen-bond acceptors (Lipinski definition) is 3. The highest BCUT2D eigenvalue weighted by atomic mass is 35.5. The Hall–Kier alpha value is -1.79. The highest BCUT2D eigenvalue weighted by Gasteiger charge is 2.40. The Bertz CT molecular complexity index is 729. The lowest BCUT2D eigenvalue weighted by Gasteiger charge is -2.43. The molecule has 1 aromatic carbocycles. The van der Waals surface area contributed by atoms with Crippen molar-refractivity contribution in [1.82, 2.24) is 4.90 Å². The van der Waals surface area contributed by atoms with Crippen molar-refractivity contribution >= 4 is 29.3 Å². The zero-order valence-electron chi connectivity index (χ0n) is 14.8. The standard InChI is InChI=1S/C18H24ClN3O3/c1-18(2,3)15-11-9-12(19)14(21-7-5-13(20)16(21)23)8-10(11)4-6-22(15)17(24)25/h8-9,13,15H,4-7,20H2,1-3H3,(H,24,25)/t13-,15?/m0/s1. The predicted octanol–water partition coefficient (Wildman–Crippen LogP) is 3.03. The van der Waals surface area contributed by atoms with Crippen molar-refractivity contribution in [2.75, 3.05) is 18.0 Å². The van der Waals surface area contributed by atoms with Crippen molar-refractivity contribution in [2.24, 2.45) is 11.1 Å². The van der Waals surface area contributed by atoms with E-state index in [2.05, 4.69) is 0 Å². The SMILES string of the molecule is CC(C)(C)C1c2cc(Cl)c(N3CC[C@H](N)C3=O)cc2CCN1C(=O)O. The van der Waals surface area contributed by atoms with Gasteiger partial charge in [0.15, 0.2) is 0 Å². The minimum absolute atomic E-state index is 0.114. The van der Waals surface area contributed by atoms with E-state index in [-0.39, 0.29) is 17.4 Å². The molecule has 1 aromatic rings. The second-order valence-electron chi connectivity index (χ2n) is 7.88. The van der Waals surface area contributed by atoms with Crippen LogP contribution in [0.4, 0.5) is 10.5 Å². The lowest BCUT2D eigenvalue weighted by molar-refractivity contribution is -0.118. The Morgan fingerprint density at radius 1 is 1.32 bits per heavy atom. The Labute approximate surface area is 152 Å². The third kappa shape index (κ3) is 3.09. The summed E-state index contributed by atoms with van der Waals surface area (Å²) in [4.78, 5) is 27.1. The van der Waals surface area contributed by atoms with Crippen LogP contribution in [0, 0.1) is 5.41 Å². The molecule has 136 valence electrons. The molecule has 0 spiro atoms. The first kappa shape index (κ1) is 18.0. The van der Waals surface area contributed by atoms with Crippen molar-refractivity contribution in [3.05, 3.63) is 28.3 Å². The minimum atomic E-state index is -0.925. The first-order valence-corrected chi connectivity index (χ1v) is 8.88. The van der Waals surface area contributed by atoms with E-state index in [0.717, 1.165) is 11.1 Å². The van der Waals surface area contributed by atoms with E-state index in [1.807, 2.05) is 32.9 Å². The van der Waals surface area contributed by atoms with E-state index in [9.17, 15) is 14.7 Å². The number of amides is 2. The molecular formula is C18H24ClN3O3. The molecule has 7 heteroatoms. The molecule has 1 fully saturated rings. The molecule has 2 atom stereocenters. The van der Waals surface area contributed by atoms with E-state index < -0.39 is 12.1 Å². The van der Waals surface area contributed by atoms with Crippen molar-refractivity contribution in [3.63, 3.8) is 0 Å². The molecule has 0 aliphatic carbocycles. The van der Waals surface area contributed by atoms with E-state index in [4.69, 9.17) is 17.3 Å². The molecule has 2 aliphatic rings. The van der Waals surface area contributed by atoms with Gasteiger partial charge in [0, 0.05) is 13.1 Å². The summed E-state index contributed by atoms with van der Waals surface area (Å²) in [6, 6.07) is 3.01. The van der Waals surface area contributed by atoms with E-state index in [1.54, 1.807) is 4.90 Å². The van der Waals surface area contributed by atoms with Gasteiger partial charge in [0.25, 0.3) is 0 Å². The summed E-state index contributed by atoms with van der Waals surface area (Å²) >= 11 is 6.50. The summed E-state index contributed by atoms with van der Waals surface area (Å²) in [5.74, 6) is -0.114. The van der Waals surface area contributed by atoms with Gasteiger partial charge in [-0.25, -0.2) is 4.79 Å². The molecule has 0 bridgehead atoms. The Kier molecular flexibility index (Phi) is 4.45. The molecule has 6 nitrogen and oxygen atoms in total. The van der Waals surface area contributed by atoms with Gasteiger partial charge in [-0.2, -0.15) is 0 Å². The molecule has 3 rings (SSSR count). The summed E-state index contributed by atoms with van der Waals surface area (Å²) in [5, 5.41) is 10.0. The maximum absolute atomic E-state index is 12.2. The molecule has 1 unspecified atom stereocenters. The average molecular weight is 366 g/mol. The highest BCUT2D eigenvalue weighted by molar-refractivity contribution is 6.34. The van der Waals surface area contributed by atoms with Crippen LogP contribution in [0.3, 0.4) is 0 Å². The van der Waals surface area contributed by atoms with Gasteiger partial charge in [-0.05, 0) is 41.5 Å². The number of carboxylic acid groups (broad SMARTS) is 1. The van der Waals surface area contributed by atoms with Gasteiger partial charge >= 0.3 is 6.09 Å². The minimum Gasteiger partial charge on any atom is -0.465 e. The molecule has 2 heterocycles. The maximum Gasteiger partial charge on any atom is 0.407 e. The highest BCUT2D eigenvalue weighted by Crippen LogP contribution is 2.45. The van der Waals surface area contributed by atoms with Crippen molar-refractivity contribution < 1.29 is 14.7 Å². The lowest BCUT2D eigenvalue weighted by atomic mass is 9.77. The van der Waals surface area contributed by atoms with Gasteiger partial charge < -0.3 is 20.6 Å². The van der Waals surface area contributed by atoms with Gasteiger partial charge in [-0.3, -0.25) is 4.79 Å². The summed E-state index contributed by atoms with van der Waals surface area (Å²) in [7, 11) is 0. The zero-order chi connectivity index (χ0) is 18.5. The van der Waals surface area contributed by atoms with Gasteiger partial charge in [0.1, 0.15) is 0 Å². The fourth-order valence-corrected chi connectivity index (χ4v) is 4.19. The van der Waals surface area contributed by atoms with E-state index >= 15 is 0 Å². The summed E-state index contributed by atoms with van der Waals surface area (Å²) in [6.07, 6.45) is 0.294. The number of rotatable bonds is 1. The number of fused-ring (bicyclic) bond motifs is 1. The lowest BCUT2D eigenvalue weighted by Crippen LogP contribution is -2.44. The number of anilines is 1. The molecule has 1 saturated heterocycles. The quantitative estimate of drug-likeness (QED) is 0.800. The van der Waals surface area contributed by atoms with Crippen LogP contribution >= 0.6 is 11.6 Å². The first-order valence-electron chi connectivity index (χ1n) is 8.50. The van der Waals surface area contributed by atoms with Gasteiger partial charge in [0.2, 0.25) is 5.91 Å². The topological polar surface area (TPSA) is 86.9 Å². The number of nitrogens with zero attached hydrogens (tertiary/aromatic N) is 2. The number of carbonyl (C=O) groups excluding carboxylic acids is 1. The largest absolute Gasteiger partial charge is 0.465 e. The molecular weight excluding hydrogens is 342 g/mol. The zero-order valence-corrected chi connectivity index (χ0v) is 15.5. The first-order chi connectivity index (χ1) is 11.6. The van der Waals surface area contributed by atoms with Gasteiger partial charge in [-0.15, -0.1) is 0 Å². The number of halogens is 1. The van der Waals surface area contributed by atoms with Crippen LogP contribution in [0.15, 0.2) is 12.1 Å². The normalized spacial score (nSPS) is 23.8. The third-order valence-electron chi connectivity index (χ3n) is 5.04. The fraction of sp³-hybridized carbons (Fsp3) is 0.556. The molecule has 2 amide bonds. The van der Waals surface area contributed by atoms with Gasteiger partial charge in [-0.1, -0.05) is 32.4 Å². The number of carbonyl (C=O) groups is 2. The second-order valence-corrected chi connectivity index (χ2v) is 8.29. The van der Waals surface area contributed by atoms with Crippen LogP contribution in [-0.4, -0.2) is 41.1 Å². The van der Waals surface area contributed by atoms with Crippen molar-refractivity contribution in [1.29, 1.82) is 0 Å². The van der Waals surface area contributed by atoms with E-state index in [1.165, 1.54) is 4.90 Å². The van der Waals surface area contributed by atoms with Crippen molar-refractivity contribution in [3.8, 4) is 0 Å². The number of nitrogens with two attached hydrogens (primary N) is 1. The Morgan fingerprint density at radius 2 is 2.00 bits per heavy atom. The fourth-order valence-electron chi connectivity index (χ4n) is 3.92. The number of benzene rings is 1. The van der Waals surface area contributed by atoms with Crippen LogP contribution in [-0.2, 0) is 11.2 Å². The predicted molar refractivity (Wildman–Crippen MR) is 97.0 cm³/mol. The molecule has 0 saturated carbocycles. The molecule has 0 radical (unpaired) electrons. The average Bonchev–Trinajstić information content (AvgIpc) is 2.84. The monoisotopic (exact) mass is 365 g/mol. The maximum atomic E-state index is 12.2. The van der Waals surface area contributed by atoms with Crippen LogP contribution < -0.4 is 10.6 Å². The van der Waals surface area contributed by atoms with Crippen LogP contribution in [0.1, 0.15) is 44.4 Å². The van der Waals surface area contributed by atoms with Crippen LogP contribution in [0.25, 0.3) is 0 Å². The van der Waals surface area contributed by atoms with Crippen LogP contribution in [0.5, 0.6) is 0 Å². The molecule has 0 aromatic heterocycles. The molecule has 3 N–H and O–H groups in total. The molecule has 25 heavy (non-hydrogen) atoms.